The molecule has 1 heterocycles. The largest absolute Gasteiger partial charge is 0.385 e. The van der Waals surface area contributed by atoms with E-state index in [2.05, 4.69) is 5.32 Å². The first-order valence-corrected chi connectivity index (χ1v) is 6.62. The molecule has 0 saturated carbocycles. The van der Waals surface area contributed by atoms with E-state index in [0.29, 0.717) is 0 Å². The van der Waals surface area contributed by atoms with Gasteiger partial charge in [-0.2, -0.15) is 0 Å². The van der Waals surface area contributed by atoms with Crippen LogP contribution in [0.4, 0.5) is 0 Å². The predicted molar refractivity (Wildman–Crippen MR) is 73.3 cm³/mol. The number of likely N-dealkylation sites (tertiary alicyclic amines) is 1. The molecule has 6 nitrogen and oxygen atoms in total. The summed E-state index contributed by atoms with van der Waals surface area (Å²) in [4.78, 5) is 1.33. The zero-order chi connectivity index (χ0) is 15.0. The number of hydrogen-bond acceptors (Lipinski definition) is 6. The highest BCUT2D eigenvalue weighted by molar-refractivity contribution is 5.16. The van der Waals surface area contributed by atoms with Gasteiger partial charge < -0.3 is 20.4 Å². The number of aliphatic hydroxyl groups is 4. The third-order valence-corrected chi connectivity index (χ3v) is 4.15. The minimum Gasteiger partial charge on any atom is -0.385 e. The maximum atomic E-state index is 10.5. The van der Waals surface area contributed by atoms with Gasteiger partial charge in [-0.25, -0.2) is 4.90 Å². The van der Waals surface area contributed by atoms with Gasteiger partial charge in [0.25, 0.3) is 5.91 Å². The number of benzene rings is 1. The number of hydrogen-bond donors (Lipinski definition) is 5. The Kier molecular flexibility index (Phi) is 3.90. The van der Waals surface area contributed by atoms with Crippen molar-refractivity contribution in [2.24, 2.45) is 0 Å². The number of likely N-dealkylation sites (N-methyl/N-ethyl adjacent to an activating group) is 1. The van der Waals surface area contributed by atoms with Gasteiger partial charge in [0.15, 0.2) is 0 Å². The van der Waals surface area contributed by atoms with Crippen molar-refractivity contribution in [1.82, 2.24) is 10.2 Å². The molecule has 0 radical (unpaired) electrons. The third-order valence-electron chi connectivity index (χ3n) is 4.15. The standard InChI is InChI=1S/C14H22N2O4/c1-12(17)8-9-16(10-11-6-4-3-5-7-11)14(19,20)13(12,18)15-2/h3-7,15,17-20H,8-10H2,1-2H3. The Bertz CT molecular complexity index is 464. The van der Waals surface area contributed by atoms with Crippen LogP contribution in [0.25, 0.3) is 0 Å². The Morgan fingerprint density at radius 3 is 2.30 bits per heavy atom. The van der Waals surface area contributed by atoms with Crippen molar-refractivity contribution in [2.45, 2.75) is 37.1 Å². The summed E-state index contributed by atoms with van der Waals surface area (Å²) >= 11 is 0. The van der Waals surface area contributed by atoms with Gasteiger partial charge in [-0.15, -0.1) is 0 Å². The number of rotatable bonds is 3. The molecule has 1 fully saturated rings. The van der Waals surface area contributed by atoms with Crippen LogP contribution < -0.4 is 5.32 Å². The van der Waals surface area contributed by atoms with Crippen LogP contribution >= 0.6 is 0 Å². The van der Waals surface area contributed by atoms with Gasteiger partial charge in [0.05, 0.1) is 0 Å². The summed E-state index contributed by atoms with van der Waals surface area (Å²) in [6.07, 6.45) is 0.208. The molecule has 1 saturated heterocycles. The van der Waals surface area contributed by atoms with E-state index in [-0.39, 0.29) is 19.5 Å². The first-order valence-electron chi connectivity index (χ1n) is 6.62. The van der Waals surface area contributed by atoms with E-state index in [1.165, 1.54) is 18.9 Å². The monoisotopic (exact) mass is 282 g/mol. The second-order valence-electron chi connectivity index (χ2n) is 5.53. The van der Waals surface area contributed by atoms with Crippen LogP contribution in [-0.4, -0.2) is 56.2 Å². The Labute approximate surface area is 118 Å². The Hall–Kier alpha value is -1.02. The van der Waals surface area contributed by atoms with Crippen molar-refractivity contribution in [3.05, 3.63) is 35.9 Å². The maximum Gasteiger partial charge on any atom is 0.273 e. The Morgan fingerprint density at radius 1 is 1.15 bits per heavy atom. The first-order chi connectivity index (χ1) is 9.24. The summed E-state index contributed by atoms with van der Waals surface area (Å²) in [6.45, 7) is 1.89. The zero-order valence-corrected chi connectivity index (χ0v) is 11.7. The van der Waals surface area contributed by atoms with E-state index in [1.54, 1.807) is 0 Å². The summed E-state index contributed by atoms with van der Waals surface area (Å²) in [6, 6.07) is 9.31. The fourth-order valence-corrected chi connectivity index (χ4v) is 2.71. The molecule has 1 aromatic carbocycles. The molecule has 20 heavy (non-hydrogen) atoms. The van der Waals surface area contributed by atoms with Crippen LogP contribution in [0.1, 0.15) is 18.9 Å². The lowest BCUT2D eigenvalue weighted by Gasteiger charge is -2.55. The van der Waals surface area contributed by atoms with Gasteiger partial charge >= 0.3 is 0 Å². The van der Waals surface area contributed by atoms with Crippen LogP contribution in [0.5, 0.6) is 0 Å². The highest BCUT2D eigenvalue weighted by Gasteiger charge is 2.64. The lowest BCUT2D eigenvalue weighted by Crippen LogP contribution is -2.81. The lowest BCUT2D eigenvalue weighted by molar-refractivity contribution is -0.413. The SMILES string of the molecule is CNC1(O)C(C)(O)CCN(Cc2ccccc2)C1(O)O. The molecule has 0 bridgehead atoms. The van der Waals surface area contributed by atoms with E-state index in [4.69, 9.17) is 0 Å². The van der Waals surface area contributed by atoms with Crippen LogP contribution in [0.15, 0.2) is 30.3 Å². The van der Waals surface area contributed by atoms with Crippen molar-refractivity contribution in [2.75, 3.05) is 13.6 Å². The van der Waals surface area contributed by atoms with Gasteiger partial charge in [0, 0.05) is 13.1 Å². The molecule has 0 aromatic heterocycles. The van der Waals surface area contributed by atoms with Gasteiger partial charge in [0.2, 0.25) is 5.72 Å². The topological polar surface area (TPSA) is 96.2 Å². The molecular formula is C14H22N2O4. The summed E-state index contributed by atoms with van der Waals surface area (Å²) in [5.74, 6) is -2.58. The second-order valence-corrected chi connectivity index (χ2v) is 5.53. The van der Waals surface area contributed by atoms with Gasteiger partial charge in [-0.1, -0.05) is 30.3 Å². The van der Waals surface area contributed by atoms with Crippen molar-refractivity contribution < 1.29 is 20.4 Å². The average molecular weight is 282 g/mol. The molecule has 0 spiro atoms. The smallest absolute Gasteiger partial charge is 0.273 e. The van der Waals surface area contributed by atoms with E-state index < -0.39 is 17.2 Å². The minimum absolute atomic E-state index is 0.208. The second kappa shape index (κ2) is 5.07. The van der Waals surface area contributed by atoms with Crippen LogP contribution in [0.2, 0.25) is 0 Å². The molecule has 6 heteroatoms. The molecule has 2 unspecified atom stereocenters. The first kappa shape index (κ1) is 15.4. The number of nitrogens with one attached hydrogen (secondary N) is 1. The van der Waals surface area contributed by atoms with E-state index in [0.717, 1.165) is 5.56 Å². The summed E-state index contributed by atoms with van der Waals surface area (Å²) in [7, 11) is 1.38. The highest BCUT2D eigenvalue weighted by Crippen LogP contribution is 2.39. The Morgan fingerprint density at radius 2 is 1.75 bits per heavy atom. The number of piperidine rings is 1. The molecule has 0 aliphatic carbocycles. The maximum absolute atomic E-state index is 10.5. The van der Waals surface area contributed by atoms with Gasteiger partial charge in [-0.3, -0.25) is 5.32 Å². The van der Waals surface area contributed by atoms with E-state index in [9.17, 15) is 20.4 Å². The van der Waals surface area contributed by atoms with Crippen molar-refractivity contribution in [1.29, 1.82) is 0 Å². The van der Waals surface area contributed by atoms with Crippen LogP contribution in [0.3, 0.4) is 0 Å². The quantitative estimate of drug-likeness (QED) is 0.465. The summed E-state index contributed by atoms with van der Waals surface area (Å²) in [5.41, 5.74) is -3.01. The molecule has 1 aliphatic rings. The van der Waals surface area contributed by atoms with E-state index in [1.807, 2.05) is 30.3 Å². The van der Waals surface area contributed by atoms with Crippen molar-refractivity contribution >= 4 is 0 Å². The molecule has 2 rings (SSSR count). The fraction of sp³-hybridized carbons (Fsp3) is 0.571. The van der Waals surface area contributed by atoms with Crippen LogP contribution in [-0.2, 0) is 6.54 Å². The van der Waals surface area contributed by atoms with E-state index >= 15 is 0 Å². The highest BCUT2D eigenvalue weighted by atomic mass is 16.6. The minimum atomic E-state index is -2.58. The molecule has 0 amide bonds. The molecule has 5 N–H and O–H groups in total. The summed E-state index contributed by atoms with van der Waals surface area (Å²) in [5, 5.41) is 43.9. The fourth-order valence-electron chi connectivity index (χ4n) is 2.71. The van der Waals surface area contributed by atoms with Gasteiger partial charge in [-0.05, 0) is 26.0 Å². The molecular weight excluding hydrogens is 260 g/mol. The predicted octanol–water partition coefficient (Wildman–Crippen LogP) is -0.810. The van der Waals surface area contributed by atoms with Crippen molar-refractivity contribution in [3.63, 3.8) is 0 Å². The Balaban J connectivity index is 2.29. The lowest BCUT2D eigenvalue weighted by atomic mass is 9.81. The third kappa shape index (κ3) is 2.24. The number of nitrogens with zero attached hydrogens (tertiary/aromatic N) is 1. The molecule has 2 atom stereocenters. The zero-order valence-electron chi connectivity index (χ0n) is 11.7. The molecule has 1 aliphatic heterocycles. The normalized spacial score (nSPS) is 34.1. The van der Waals surface area contributed by atoms with Gasteiger partial charge in [0.1, 0.15) is 5.60 Å². The van der Waals surface area contributed by atoms with Crippen molar-refractivity contribution in [3.8, 4) is 0 Å². The molecule has 112 valence electrons. The summed E-state index contributed by atoms with van der Waals surface area (Å²) < 4.78 is 0. The average Bonchev–Trinajstić information content (AvgIpc) is 2.41. The molecule has 1 aromatic rings. The van der Waals surface area contributed by atoms with Crippen LogP contribution in [0, 0.1) is 0 Å².